The summed E-state index contributed by atoms with van der Waals surface area (Å²) in [6.07, 6.45) is 0.777. The molecule has 1 unspecified atom stereocenters. The summed E-state index contributed by atoms with van der Waals surface area (Å²) in [5.74, 6) is 0. The Bertz CT molecular complexity index is 763. The van der Waals surface area contributed by atoms with E-state index in [9.17, 15) is 13.2 Å². The van der Waals surface area contributed by atoms with Gasteiger partial charge in [0.15, 0.2) is 0 Å². The molecule has 0 saturated carbocycles. The van der Waals surface area contributed by atoms with Crippen molar-refractivity contribution in [2.45, 2.75) is 19.1 Å². The maximum atomic E-state index is 12.0. The van der Waals surface area contributed by atoms with Crippen LogP contribution in [0.3, 0.4) is 0 Å². The summed E-state index contributed by atoms with van der Waals surface area (Å²) in [7, 11) is -3.59. The van der Waals surface area contributed by atoms with Gasteiger partial charge in [-0.2, -0.15) is 8.42 Å². The lowest BCUT2D eigenvalue weighted by atomic mass is 10.1. The number of alkyl carbamates (subject to hydrolysis) is 1. The van der Waals surface area contributed by atoms with Crippen molar-refractivity contribution >= 4 is 16.2 Å². The lowest BCUT2D eigenvalue weighted by Gasteiger charge is -2.18. The van der Waals surface area contributed by atoms with Crippen LogP contribution in [0, 0.1) is 0 Å². The van der Waals surface area contributed by atoms with Gasteiger partial charge in [-0.25, -0.2) is 4.79 Å². The molecule has 2 aromatic rings. The van der Waals surface area contributed by atoms with E-state index in [0.717, 1.165) is 17.4 Å². The first-order valence-electron chi connectivity index (χ1n) is 7.78. The smallest absolute Gasteiger partial charge is 0.407 e. The van der Waals surface area contributed by atoms with Crippen molar-refractivity contribution in [3.63, 3.8) is 0 Å². The van der Waals surface area contributed by atoms with Crippen molar-refractivity contribution in [1.29, 1.82) is 0 Å². The Morgan fingerprint density at radius 2 is 1.56 bits per heavy atom. The summed E-state index contributed by atoms with van der Waals surface area (Å²) in [5.41, 5.74) is 1.82. The molecule has 0 aliphatic heterocycles. The highest BCUT2D eigenvalue weighted by Crippen LogP contribution is 2.06. The fourth-order valence-electron chi connectivity index (χ4n) is 2.19. The summed E-state index contributed by atoms with van der Waals surface area (Å²) >= 11 is 0. The van der Waals surface area contributed by atoms with E-state index < -0.39 is 22.3 Å². The number of carbonyl (C=O) groups is 1. The van der Waals surface area contributed by atoms with Crippen LogP contribution < -0.4 is 5.32 Å². The number of carbonyl (C=O) groups excluding carboxylic acids is 1. The normalized spacial score (nSPS) is 12.4. The first-order valence-corrected chi connectivity index (χ1v) is 9.59. The molecule has 1 amide bonds. The molecule has 7 heteroatoms. The van der Waals surface area contributed by atoms with E-state index in [1.807, 2.05) is 60.7 Å². The first-order chi connectivity index (χ1) is 11.9. The zero-order chi connectivity index (χ0) is 18.1. The molecular weight excluding hydrogens is 342 g/mol. The lowest BCUT2D eigenvalue weighted by Crippen LogP contribution is -2.40. The maximum Gasteiger partial charge on any atom is 0.407 e. The van der Waals surface area contributed by atoms with E-state index in [1.54, 1.807) is 0 Å². The van der Waals surface area contributed by atoms with E-state index in [1.165, 1.54) is 0 Å². The Hall–Kier alpha value is -2.38. The average Bonchev–Trinajstić information content (AvgIpc) is 2.59. The van der Waals surface area contributed by atoms with Crippen LogP contribution in [0.25, 0.3) is 0 Å². The summed E-state index contributed by atoms with van der Waals surface area (Å²) in [6, 6.07) is 18.2. The average molecular weight is 363 g/mol. The van der Waals surface area contributed by atoms with Gasteiger partial charge in [0.2, 0.25) is 0 Å². The highest BCUT2D eigenvalue weighted by Gasteiger charge is 2.17. The number of rotatable bonds is 8. The van der Waals surface area contributed by atoms with Crippen molar-refractivity contribution in [2.24, 2.45) is 0 Å². The van der Waals surface area contributed by atoms with Gasteiger partial charge >= 0.3 is 6.09 Å². The van der Waals surface area contributed by atoms with Crippen molar-refractivity contribution in [3.8, 4) is 0 Å². The Morgan fingerprint density at radius 1 is 1.00 bits per heavy atom. The highest BCUT2D eigenvalue weighted by molar-refractivity contribution is 7.85. The van der Waals surface area contributed by atoms with Gasteiger partial charge in [-0.3, -0.25) is 4.18 Å². The molecule has 2 rings (SSSR count). The van der Waals surface area contributed by atoms with Crippen LogP contribution in [0.15, 0.2) is 60.7 Å². The van der Waals surface area contributed by atoms with Crippen LogP contribution in [-0.4, -0.2) is 33.4 Å². The standard InChI is InChI=1S/C18H21NO5S/c1-25(21,22)24-14-17(12-15-8-4-2-5-9-15)19-18(20)23-13-16-10-6-3-7-11-16/h2-11,17H,12-14H2,1H3,(H,19,20). The first kappa shape index (κ1) is 19.0. The summed E-state index contributed by atoms with van der Waals surface area (Å²) in [5, 5.41) is 2.66. The number of amides is 1. The third-order valence-corrected chi connectivity index (χ3v) is 3.91. The molecule has 2 aromatic carbocycles. The minimum Gasteiger partial charge on any atom is -0.445 e. The van der Waals surface area contributed by atoms with Gasteiger partial charge in [0.1, 0.15) is 6.61 Å². The van der Waals surface area contributed by atoms with Gasteiger partial charge in [-0.05, 0) is 17.5 Å². The second kappa shape index (κ2) is 9.19. The largest absolute Gasteiger partial charge is 0.445 e. The second-order valence-corrected chi connectivity index (χ2v) is 7.23. The molecule has 0 aliphatic carbocycles. The molecule has 0 bridgehead atoms. The number of nitrogens with one attached hydrogen (secondary N) is 1. The van der Waals surface area contributed by atoms with Crippen LogP contribution in [-0.2, 0) is 32.1 Å². The van der Waals surface area contributed by atoms with E-state index in [2.05, 4.69) is 5.32 Å². The molecule has 134 valence electrons. The van der Waals surface area contributed by atoms with Crippen LogP contribution in [0.1, 0.15) is 11.1 Å². The summed E-state index contributed by atoms with van der Waals surface area (Å²) < 4.78 is 32.4. The summed E-state index contributed by atoms with van der Waals surface area (Å²) in [4.78, 5) is 12.0. The quantitative estimate of drug-likeness (QED) is 0.729. The predicted molar refractivity (Wildman–Crippen MR) is 94.5 cm³/mol. The molecule has 0 radical (unpaired) electrons. The molecule has 1 N–H and O–H groups in total. The fraction of sp³-hybridized carbons (Fsp3) is 0.278. The van der Waals surface area contributed by atoms with Crippen molar-refractivity contribution in [3.05, 3.63) is 71.8 Å². The van der Waals surface area contributed by atoms with Crippen LogP contribution in [0.4, 0.5) is 4.79 Å². The Morgan fingerprint density at radius 3 is 2.12 bits per heavy atom. The third-order valence-electron chi connectivity index (χ3n) is 3.34. The van der Waals surface area contributed by atoms with Crippen LogP contribution >= 0.6 is 0 Å². The number of ether oxygens (including phenoxy) is 1. The SMILES string of the molecule is CS(=O)(=O)OCC(Cc1ccccc1)NC(=O)OCc1ccccc1. The van der Waals surface area contributed by atoms with E-state index in [0.29, 0.717) is 6.42 Å². The molecule has 0 aliphatic rings. The molecule has 0 heterocycles. The molecule has 0 spiro atoms. The predicted octanol–water partition coefficient (Wildman–Crippen LogP) is 2.50. The monoisotopic (exact) mass is 363 g/mol. The van der Waals surface area contributed by atoms with Crippen molar-refractivity contribution in [2.75, 3.05) is 12.9 Å². The molecule has 25 heavy (non-hydrogen) atoms. The fourth-order valence-corrected chi connectivity index (χ4v) is 2.60. The Kier molecular flexibility index (Phi) is 6.97. The minimum atomic E-state index is -3.59. The van der Waals surface area contributed by atoms with Crippen molar-refractivity contribution < 1.29 is 22.1 Å². The molecule has 0 saturated heterocycles. The highest BCUT2D eigenvalue weighted by atomic mass is 32.2. The minimum absolute atomic E-state index is 0.137. The van der Waals surface area contributed by atoms with Gasteiger partial charge in [0.05, 0.1) is 18.9 Å². The zero-order valence-corrected chi connectivity index (χ0v) is 14.7. The van der Waals surface area contributed by atoms with Crippen LogP contribution in [0.2, 0.25) is 0 Å². The van der Waals surface area contributed by atoms with Gasteiger partial charge in [0, 0.05) is 0 Å². The van der Waals surface area contributed by atoms with Gasteiger partial charge in [0.25, 0.3) is 10.1 Å². The third kappa shape index (κ3) is 7.82. The lowest BCUT2D eigenvalue weighted by molar-refractivity contribution is 0.131. The van der Waals surface area contributed by atoms with Crippen LogP contribution in [0.5, 0.6) is 0 Å². The molecule has 0 aromatic heterocycles. The summed E-state index contributed by atoms with van der Waals surface area (Å²) in [6.45, 7) is -0.0220. The Labute approximate surface area is 147 Å². The zero-order valence-electron chi connectivity index (χ0n) is 13.9. The maximum absolute atomic E-state index is 12.0. The number of benzene rings is 2. The van der Waals surface area contributed by atoms with E-state index in [-0.39, 0.29) is 13.2 Å². The topological polar surface area (TPSA) is 81.7 Å². The van der Waals surface area contributed by atoms with Gasteiger partial charge in [-0.1, -0.05) is 60.7 Å². The van der Waals surface area contributed by atoms with Gasteiger partial charge < -0.3 is 10.1 Å². The molecule has 1 atom stereocenters. The van der Waals surface area contributed by atoms with E-state index in [4.69, 9.17) is 8.92 Å². The molecular formula is C18H21NO5S. The van der Waals surface area contributed by atoms with Crippen molar-refractivity contribution in [1.82, 2.24) is 5.32 Å². The second-order valence-electron chi connectivity index (χ2n) is 5.58. The Balaban J connectivity index is 1.92. The molecule has 6 nitrogen and oxygen atoms in total. The van der Waals surface area contributed by atoms with Gasteiger partial charge in [-0.15, -0.1) is 0 Å². The van der Waals surface area contributed by atoms with E-state index >= 15 is 0 Å². The molecule has 0 fully saturated rings. The number of hydrogen-bond donors (Lipinski definition) is 1. The number of hydrogen-bond acceptors (Lipinski definition) is 5.